The molecule has 0 heterocycles. The topological polar surface area (TPSA) is 78.9 Å². The molecule has 0 radical (unpaired) electrons. The van der Waals surface area contributed by atoms with Crippen molar-refractivity contribution in [3.05, 3.63) is 23.8 Å². The molecular formula is C18H29ClN2O4. The number of carbonyl (C=O) groups is 2. The number of phenols is 1. The van der Waals surface area contributed by atoms with Crippen LogP contribution < -0.4 is 5.32 Å². The Labute approximate surface area is 156 Å². The molecule has 0 fully saturated rings. The molecule has 1 aromatic rings. The number of hydrogen-bond acceptors (Lipinski definition) is 5. The highest BCUT2D eigenvalue weighted by molar-refractivity contribution is 5.95. The fourth-order valence-electron chi connectivity index (χ4n) is 2.23. The molecule has 6 nitrogen and oxygen atoms in total. The zero-order valence-electron chi connectivity index (χ0n) is 15.2. The maximum absolute atomic E-state index is 11.9. The number of likely N-dealkylation sites (N-methyl/N-ethyl adjacent to an activating group) is 1. The first-order chi connectivity index (χ1) is 11.5. The Morgan fingerprint density at radius 2 is 1.84 bits per heavy atom. The summed E-state index contributed by atoms with van der Waals surface area (Å²) in [4.78, 5) is 25.8. The zero-order valence-corrected chi connectivity index (χ0v) is 16.0. The Kier molecular flexibility index (Phi) is 11.7. The number of unbranched alkanes of at least 4 members (excludes halogenated alkanes) is 2. The summed E-state index contributed by atoms with van der Waals surface area (Å²) in [5.74, 6) is -0.909. The predicted octanol–water partition coefficient (Wildman–Crippen LogP) is 3.44. The average Bonchev–Trinajstić information content (AvgIpc) is 2.56. The Morgan fingerprint density at radius 1 is 1.16 bits per heavy atom. The highest BCUT2D eigenvalue weighted by Crippen LogP contribution is 2.23. The van der Waals surface area contributed by atoms with Gasteiger partial charge >= 0.3 is 5.97 Å². The van der Waals surface area contributed by atoms with E-state index in [2.05, 4.69) is 12.2 Å². The lowest BCUT2D eigenvalue weighted by Gasteiger charge is -2.17. The van der Waals surface area contributed by atoms with Gasteiger partial charge in [-0.05, 0) is 31.6 Å². The van der Waals surface area contributed by atoms with Gasteiger partial charge in [0.2, 0.25) is 5.91 Å². The molecule has 1 rings (SSSR count). The van der Waals surface area contributed by atoms with E-state index in [4.69, 9.17) is 4.74 Å². The molecule has 1 amide bonds. The van der Waals surface area contributed by atoms with Gasteiger partial charge in [0, 0.05) is 11.8 Å². The minimum absolute atomic E-state index is 0. The molecular weight excluding hydrogens is 344 g/mol. The number of esters is 1. The van der Waals surface area contributed by atoms with Crippen molar-refractivity contribution in [3.63, 3.8) is 0 Å². The number of halogens is 1. The molecule has 25 heavy (non-hydrogen) atoms. The number of phenolic OH excluding ortho intramolecular Hbond substituents is 1. The lowest BCUT2D eigenvalue weighted by Crippen LogP contribution is -2.32. The highest BCUT2D eigenvalue weighted by Gasteiger charge is 2.14. The van der Waals surface area contributed by atoms with Crippen molar-refractivity contribution in [2.24, 2.45) is 0 Å². The molecule has 0 saturated carbocycles. The molecule has 0 aliphatic heterocycles. The van der Waals surface area contributed by atoms with Crippen molar-refractivity contribution in [1.82, 2.24) is 4.90 Å². The highest BCUT2D eigenvalue weighted by atomic mass is 35.5. The fourth-order valence-corrected chi connectivity index (χ4v) is 2.23. The summed E-state index contributed by atoms with van der Waals surface area (Å²) in [6, 6.07) is 4.41. The van der Waals surface area contributed by atoms with Crippen LogP contribution in [0.3, 0.4) is 0 Å². The van der Waals surface area contributed by atoms with Crippen LogP contribution in [-0.4, -0.2) is 48.1 Å². The van der Waals surface area contributed by atoms with Crippen LogP contribution in [0.25, 0.3) is 0 Å². The minimum atomic E-state index is -0.551. The minimum Gasteiger partial charge on any atom is -0.507 e. The van der Waals surface area contributed by atoms with Crippen molar-refractivity contribution in [2.45, 2.75) is 40.0 Å². The van der Waals surface area contributed by atoms with Gasteiger partial charge in [-0.3, -0.25) is 9.69 Å². The van der Waals surface area contributed by atoms with Crippen molar-refractivity contribution in [1.29, 1.82) is 0 Å². The summed E-state index contributed by atoms with van der Waals surface area (Å²) < 4.78 is 5.12. The number of amides is 1. The SMILES string of the molecule is CCCCCOC(=O)c1ccc(NC(=O)CN(CC)CC)cc1O.Cl. The number of rotatable bonds is 10. The Balaban J connectivity index is 0.00000576. The zero-order chi connectivity index (χ0) is 17.9. The van der Waals surface area contributed by atoms with Crippen LogP contribution >= 0.6 is 12.4 Å². The molecule has 0 aliphatic carbocycles. The maximum atomic E-state index is 11.9. The predicted molar refractivity (Wildman–Crippen MR) is 102 cm³/mol. The van der Waals surface area contributed by atoms with Gasteiger partial charge in [-0.2, -0.15) is 0 Å². The van der Waals surface area contributed by atoms with Gasteiger partial charge in [-0.25, -0.2) is 4.79 Å². The second-order valence-electron chi connectivity index (χ2n) is 5.58. The molecule has 0 bridgehead atoms. The van der Waals surface area contributed by atoms with E-state index in [1.807, 2.05) is 18.7 Å². The van der Waals surface area contributed by atoms with Crippen molar-refractivity contribution in [3.8, 4) is 5.75 Å². The van der Waals surface area contributed by atoms with Crippen LogP contribution in [-0.2, 0) is 9.53 Å². The van der Waals surface area contributed by atoms with Crippen LogP contribution in [0.1, 0.15) is 50.4 Å². The van der Waals surface area contributed by atoms with Gasteiger partial charge in [0.05, 0.1) is 13.2 Å². The summed E-state index contributed by atoms with van der Waals surface area (Å²) >= 11 is 0. The number of benzene rings is 1. The normalized spacial score (nSPS) is 10.2. The third-order valence-electron chi connectivity index (χ3n) is 3.74. The number of anilines is 1. The summed E-state index contributed by atoms with van der Waals surface area (Å²) in [7, 11) is 0. The number of ether oxygens (including phenoxy) is 1. The van der Waals surface area contributed by atoms with Crippen LogP contribution in [0.15, 0.2) is 18.2 Å². The first-order valence-electron chi connectivity index (χ1n) is 8.54. The first-order valence-corrected chi connectivity index (χ1v) is 8.54. The van der Waals surface area contributed by atoms with E-state index in [1.165, 1.54) is 12.1 Å². The smallest absolute Gasteiger partial charge is 0.341 e. The van der Waals surface area contributed by atoms with E-state index in [1.54, 1.807) is 6.07 Å². The van der Waals surface area contributed by atoms with Gasteiger partial charge in [-0.1, -0.05) is 33.6 Å². The standard InChI is InChI=1S/C18H28N2O4.ClH/c1-4-7-8-11-24-18(23)15-10-9-14(12-16(15)21)19-17(22)13-20(5-2)6-3;/h9-10,12,21H,4-8,11,13H2,1-3H3,(H,19,22);1H. The molecule has 2 N–H and O–H groups in total. The van der Waals surface area contributed by atoms with E-state index in [0.29, 0.717) is 12.3 Å². The van der Waals surface area contributed by atoms with Crippen molar-refractivity contribution < 1.29 is 19.4 Å². The van der Waals surface area contributed by atoms with Gasteiger partial charge in [0.15, 0.2) is 0 Å². The number of hydrogen-bond donors (Lipinski definition) is 2. The molecule has 0 atom stereocenters. The van der Waals surface area contributed by atoms with Crippen LogP contribution in [0, 0.1) is 0 Å². The molecule has 0 unspecified atom stereocenters. The Morgan fingerprint density at radius 3 is 2.40 bits per heavy atom. The van der Waals surface area contributed by atoms with Gasteiger partial charge in [0.25, 0.3) is 0 Å². The molecule has 1 aromatic carbocycles. The second kappa shape index (κ2) is 12.6. The van der Waals surface area contributed by atoms with Crippen molar-refractivity contribution in [2.75, 3.05) is 31.6 Å². The van der Waals surface area contributed by atoms with E-state index in [-0.39, 0.29) is 36.2 Å². The van der Waals surface area contributed by atoms with Gasteiger partial charge in [0.1, 0.15) is 11.3 Å². The number of nitrogens with zero attached hydrogens (tertiary/aromatic N) is 1. The summed E-state index contributed by atoms with van der Waals surface area (Å²) in [5, 5.41) is 12.7. The maximum Gasteiger partial charge on any atom is 0.341 e. The lowest BCUT2D eigenvalue weighted by atomic mass is 10.2. The van der Waals surface area contributed by atoms with Gasteiger partial charge in [-0.15, -0.1) is 12.4 Å². The third-order valence-corrected chi connectivity index (χ3v) is 3.74. The molecule has 0 saturated heterocycles. The quantitative estimate of drug-likeness (QED) is 0.486. The number of carbonyl (C=O) groups excluding carboxylic acids is 2. The van der Waals surface area contributed by atoms with Crippen LogP contribution in [0.4, 0.5) is 5.69 Å². The Hall–Kier alpha value is -1.79. The van der Waals surface area contributed by atoms with E-state index in [9.17, 15) is 14.7 Å². The lowest BCUT2D eigenvalue weighted by molar-refractivity contribution is -0.117. The summed E-state index contributed by atoms with van der Waals surface area (Å²) in [6.07, 6.45) is 2.85. The molecule has 0 spiro atoms. The summed E-state index contributed by atoms with van der Waals surface area (Å²) in [5.41, 5.74) is 0.556. The molecule has 0 aliphatic rings. The van der Waals surface area contributed by atoms with E-state index >= 15 is 0 Å². The summed E-state index contributed by atoms with van der Waals surface area (Å²) in [6.45, 7) is 8.26. The Bertz CT molecular complexity index is 548. The average molecular weight is 373 g/mol. The fraction of sp³-hybridized carbons (Fsp3) is 0.556. The molecule has 142 valence electrons. The third kappa shape index (κ3) is 8.23. The number of nitrogens with one attached hydrogen (secondary N) is 1. The second-order valence-corrected chi connectivity index (χ2v) is 5.58. The van der Waals surface area contributed by atoms with Crippen LogP contribution in [0.5, 0.6) is 5.75 Å². The largest absolute Gasteiger partial charge is 0.507 e. The first kappa shape index (κ1) is 23.2. The molecule has 0 aromatic heterocycles. The van der Waals surface area contributed by atoms with E-state index in [0.717, 1.165) is 32.4 Å². The van der Waals surface area contributed by atoms with Crippen LogP contribution in [0.2, 0.25) is 0 Å². The monoisotopic (exact) mass is 372 g/mol. The molecule has 7 heteroatoms. The van der Waals surface area contributed by atoms with Crippen molar-refractivity contribution >= 4 is 30.0 Å². The van der Waals surface area contributed by atoms with E-state index < -0.39 is 5.97 Å². The van der Waals surface area contributed by atoms with Gasteiger partial charge < -0.3 is 15.2 Å². The number of aromatic hydroxyl groups is 1.